The Morgan fingerprint density at radius 2 is 1.38 bits per heavy atom. The quantitative estimate of drug-likeness (QED) is 0.410. The van der Waals surface area contributed by atoms with E-state index in [4.69, 9.17) is 0 Å². The highest BCUT2D eigenvalue weighted by Gasteiger charge is 2.37. The molecule has 1 nitrogen and oxygen atoms in total. The smallest absolute Gasteiger partial charge is 0.123 e. The predicted octanol–water partition coefficient (Wildman–Crippen LogP) is 6.94. The van der Waals surface area contributed by atoms with Crippen LogP contribution in [0.3, 0.4) is 0 Å². The maximum absolute atomic E-state index is 13.5. The molecular formula is C29H29F2N. The zero-order valence-electron chi connectivity index (χ0n) is 18.3. The van der Waals surface area contributed by atoms with Crippen LogP contribution in [0.1, 0.15) is 53.9 Å². The van der Waals surface area contributed by atoms with Crippen molar-refractivity contribution >= 4 is 6.08 Å². The molecule has 3 aromatic carbocycles. The minimum Gasteiger partial charge on any atom is -0.303 e. The van der Waals surface area contributed by atoms with Crippen LogP contribution in [0, 0.1) is 11.6 Å². The van der Waals surface area contributed by atoms with Gasteiger partial charge in [-0.05, 0) is 91.8 Å². The van der Waals surface area contributed by atoms with Crippen molar-refractivity contribution in [2.24, 2.45) is 0 Å². The highest BCUT2D eigenvalue weighted by molar-refractivity contribution is 5.65. The second-order valence-corrected chi connectivity index (χ2v) is 9.22. The molecule has 0 saturated carbocycles. The molecule has 1 aliphatic carbocycles. The molecule has 5 rings (SSSR count). The number of fused-ring (bicyclic) bond motifs is 2. The Morgan fingerprint density at radius 1 is 0.781 bits per heavy atom. The Morgan fingerprint density at radius 3 is 2.00 bits per heavy atom. The van der Waals surface area contributed by atoms with E-state index in [0.717, 1.165) is 43.6 Å². The van der Waals surface area contributed by atoms with E-state index < -0.39 is 0 Å². The number of halogens is 2. The molecule has 3 aromatic rings. The zero-order chi connectivity index (χ0) is 22.0. The molecule has 0 N–H and O–H groups in total. The lowest BCUT2D eigenvalue weighted by atomic mass is 9.74. The summed E-state index contributed by atoms with van der Waals surface area (Å²) in [4.78, 5) is 2.58. The van der Waals surface area contributed by atoms with Gasteiger partial charge < -0.3 is 4.90 Å². The van der Waals surface area contributed by atoms with Gasteiger partial charge >= 0.3 is 0 Å². The van der Waals surface area contributed by atoms with Crippen LogP contribution in [0.4, 0.5) is 8.78 Å². The summed E-state index contributed by atoms with van der Waals surface area (Å²) < 4.78 is 26.9. The molecule has 164 valence electrons. The molecular weight excluding hydrogens is 400 g/mol. The Labute approximate surface area is 189 Å². The van der Waals surface area contributed by atoms with Crippen LogP contribution in [0.2, 0.25) is 0 Å². The van der Waals surface area contributed by atoms with E-state index in [1.807, 2.05) is 24.3 Å². The summed E-state index contributed by atoms with van der Waals surface area (Å²) in [6.45, 7) is 3.27. The van der Waals surface area contributed by atoms with Crippen molar-refractivity contribution in [1.29, 1.82) is 0 Å². The normalized spacial score (nSPS) is 17.2. The lowest BCUT2D eigenvalue weighted by molar-refractivity contribution is 0.181. The van der Waals surface area contributed by atoms with Gasteiger partial charge in [-0.25, -0.2) is 8.78 Å². The van der Waals surface area contributed by atoms with Crippen LogP contribution >= 0.6 is 0 Å². The molecule has 0 radical (unpaired) electrons. The molecule has 1 fully saturated rings. The molecule has 0 aromatic heterocycles. The summed E-state index contributed by atoms with van der Waals surface area (Å²) in [6, 6.07) is 22.3. The van der Waals surface area contributed by atoms with Gasteiger partial charge in [0, 0.05) is 11.3 Å². The maximum Gasteiger partial charge on any atom is 0.123 e. The van der Waals surface area contributed by atoms with E-state index in [0.29, 0.717) is 0 Å². The van der Waals surface area contributed by atoms with Crippen molar-refractivity contribution in [3.8, 4) is 0 Å². The van der Waals surface area contributed by atoms with Crippen molar-refractivity contribution in [2.45, 2.75) is 37.0 Å². The van der Waals surface area contributed by atoms with Crippen LogP contribution in [-0.2, 0) is 5.41 Å². The van der Waals surface area contributed by atoms with Crippen molar-refractivity contribution in [2.75, 3.05) is 19.6 Å². The first-order valence-electron chi connectivity index (χ1n) is 11.7. The van der Waals surface area contributed by atoms with E-state index in [9.17, 15) is 8.78 Å². The summed E-state index contributed by atoms with van der Waals surface area (Å²) in [5, 5.41) is 0. The maximum atomic E-state index is 13.5. The first-order chi connectivity index (χ1) is 15.6. The van der Waals surface area contributed by atoms with Crippen molar-refractivity contribution in [3.05, 3.63) is 113 Å². The van der Waals surface area contributed by atoms with E-state index in [2.05, 4.69) is 41.3 Å². The molecule has 0 amide bonds. The highest BCUT2D eigenvalue weighted by Crippen LogP contribution is 2.43. The molecule has 1 aliphatic heterocycles. The van der Waals surface area contributed by atoms with Gasteiger partial charge in [-0.15, -0.1) is 0 Å². The highest BCUT2D eigenvalue weighted by atomic mass is 19.1. The van der Waals surface area contributed by atoms with Gasteiger partial charge in [0.05, 0.1) is 0 Å². The third-order valence-corrected chi connectivity index (χ3v) is 7.34. The van der Waals surface area contributed by atoms with Crippen LogP contribution in [0.25, 0.3) is 6.08 Å². The Kier molecular flexibility index (Phi) is 5.93. The monoisotopic (exact) mass is 429 g/mol. The standard InChI is InChI=1S/C29H29F2N/c30-25-11-7-22(8-12-25)27(23-9-13-26(31)14-10-23)5-3-19-32-20-17-29(18-21-32)16-15-24-4-1-2-6-28(24)29/h1-2,4,6-16,27H,3,5,17-21H2. The van der Waals surface area contributed by atoms with Crippen molar-refractivity contribution in [1.82, 2.24) is 4.90 Å². The van der Waals surface area contributed by atoms with Crippen LogP contribution < -0.4 is 0 Å². The number of likely N-dealkylation sites (tertiary alicyclic amines) is 1. The topological polar surface area (TPSA) is 3.24 Å². The molecule has 0 bridgehead atoms. The van der Waals surface area contributed by atoms with Crippen LogP contribution in [0.15, 0.2) is 78.9 Å². The second-order valence-electron chi connectivity index (χ2n) is 9.22. The molecule has 3 heteroatoms. The molecule has 2 aliphatic rings. The average Bonchev–Trinajstić information content (AvgIpc) is 3.18. The average molecular weight is 430 g/mol. The van der Waals surface area contributed by atoms with Gasteiger partial charge in [-0.1, -0.05) is 60.7 Å². The van der Waals surface area contributed by atoms with Gasteiger partial charge in [-0.3, -0.25) is 0 Å². The first kappa shape index (κ1) is 21.1. The largest absolute Gasteiger partial charge is 0.303 e. The molecule has 0 unspecified atom stereocenters. The number of benzene rings is 3. The summed E-state index contributed by atoms with van der Waals surface area (Å²) in [6.07, 6.45) is 9.06. The third kappa shape index (κ3) is 4.27. The molecule has 0 atom stereocenters. The summed E-state index contributed by atoms with van der Waals surface area (Å²) >= 11 is 0. The number of rotatable bonds is 6. The van der Waals surface area contributed by atoms with Gasteiger partial charge in [0.2, 0.25) is 0 Å². The lowest BCUT2D eigenvalue weighted by Gasteiger charge is -2.39. The number of hydrogen-bond acceptors (Lipinski definition) is 1. The zero-order valence-corrected chi connectivity index (χ0v) is 18.3. The van der Waals surface area contributed by atoms with E-state index in [1.54, 1.807) is 0 Å². The van der Waals surface area contributed by atoms with E-state index in [-0.39, 0.29) is 23.0 Å². The van der Waals surface area contributed by atoms with E-state index in [1.165, 1.54) is 48.2 Å². The van der Waals surface area contributed by atoms with Crippen molar-refractivity contribution in [3.63, 3.8) is 0 Å². The first-order valence-corrected chi connectivity index (χ1v) is 11.7. The third-order valence-electron chi connectivity index (χ3n) is 7.34. The minimum atomic E-state index is -0.226. The summed E-state index contributed by atoms with van der Waals surface area (Å²) in [7, 11) is 0. The molecule has 32 heavy (non-hydrogen) atoms. The molecule has 1 saturated heterocycles. The second kappa shape index (κ2) is 8.99. The SMILES string of the molecule is Fc1ccc(C(CCCN2CCC3(C=Cc4ccccc43)CC2)c2ccc(F)cc2)cc1. The summed E-state index contributed by atoms with van der Waals surface area (Å²) in [5.41, 5.74) is 5.26. The predicted molar refractivity (Wildman–Crippen MR) is 127 cm³/mol. The lowest BCUT2D eigenvalue weighted by Crippen LogP contribution is -2.41. The van der Waals surface area contributed by atoms with E-state index >= 15 is 0 Å². The van der Waals surface area contributed by atoms with Crippen molar-refractivity contribution < 1.29 is 8.78 Å². The molecule has 1 spiro atoms. The fourth-order valence-corrected chi connectivity index (χ4v) is 5.48. The fraction of sp³-hybridized carbons (Fsp3) is 0.310. The Hall–Kier alpha value is -2.78. The van der Waals surface area contributed by atoms with Crippen LogP contribution in [-0.4, -0.2) is 24.5 Å². The van der Waals surface area contributed by atoms with Crippen LogP contribution in [0.5, 0.6) is 0 Å². The van der Waals surface area contributed by atoms with Gasteiger partial charge in [0.25, 0.3) is 0 Å². The number of nitrogens with zero attached hydrogens (tertiary/aromatic N) is 1. The van der Waals surface area contributed by atoms with Gasteiger partial charge in [0.1, 0.15) is 11.6 Å². The number of allylic oxidation sites excluding steroid dienone is 1. The fourth-order valence-electron chi connectivity index (χ4n) is 5.48. The number of hydrogen-bond donors (Lipinski definition) is 0. The summed E-state index contributed by atoms with van der Waals surface area (Å²) in [5.74, 6) is -0.301. The molecule has 1 heterocycles. The minimum absolute atomic E-state index is 0.150. The van der Waals surface area contributed by atoms with Gasteiger partial charge in [0.15, 0.2) is 0 Å². The number of piperidine rings is 1. The Balaban J connectivity index is 1.21. The van der Waals surface area contributed by atoms with Gasteiger partial charge in [-0.2, -0.15) is 0 Å². The Bertz CT molecular complexity index is 1030.